The van der Waals surface area contributed by atoms with Crippen LogP contribution in [0, 0.1) is 23.5 Å². The fourth-order valence-electron chi connectivity index (χ4n) is 4.00. The molecule has 4 nitrogen and oxygen atoms in total. The van der Waals surface area contributed by atoms with E-state index in [-0.39, 0.29) is 17.9 Å². The summed E-state index contributed by atoms with van der Waals surface area (Å²) in [6.07, 6.45) is 4.19. The molecule has 0 aromatic heterocycles. The Morgan fingerprint density at radius 1 is 1.24 bits per heavy atom. The van der Waals surface area contributed by atoms with Crippen LogP contribution in [0.3, 0.4) is 0 Å². The first-order chi connectivity index (χ1) is 12.0. The Labute approximate surface area is 147 Å². The summed E-state index contributed by atoms with van der Waals surface area (Å²) in [6.45, 7) is 3.23. The Bertz CT molecular complexity index is 603. The van der Waals surface area contributed by atoms with E-state index in [1.807, 2.05) is 0 Å². The minimum atomic E-state index is -0.781. The van der Waals surface area contributed by atoms with Gasteiger partial charge in [0.25, 0.3) is 0 Å². The van der Waals surface area contributed by atoms with Gasteiger partial charge in [-0.15, -0.1) is 0 Å². The van der Waals surface area contributed by atoms with E-state index in [9.17, 15) is 13.6 Å². The zero-order valence-corrected chi connectivity index (χ0v) is 14.4. The van der Waals surface area contributed by atoms with E-state index in [4.69, 9.17) is 10.5 Å². The maximum absolute atomic E-state index is 13.7. The number of halogens is 2. The number of carbonyl (C=O) groups is 1. The molecule has 6 heteroatoms. The summed E-state index contributed by atoms with van der Waals surface area (Å²) in [5.74, 6) is -1.37. The highest BCUT2D eigenvalue weighted by Gasteiger charge is 2.35. The summed E-state index contributed by atoms with van der Waals surface area (Å²) < 4.78 is 32.6. The van der Waals surface area contributed by atoms with Crippen LogP contribution in [-0.4, -0.2) is 43.2 Å². The summed E-state index contributed by atoms with van der Waals surface area (Å²) in [7, 11) is 0. The lowest BCUT2D eigenvalue weighted by Crippen LogP contribution is -2.38. The number of amides is 1. The first-order valence-corrected chi connectivity index (χ1v) is 9.10. The second-order valence-corrected chi connectivity index (χ2v) is 7.19. The number of primary amides is 1. The maximum Gasteiger partial charge on any atom is 0.223 e. The zero-order valence-electron chi connectivity index (χ0n) is 14.4. The van der Waals surface area contributed by atoms with Gasteiger partial charge in [-0.3, -0.25) is 4.79 Å². The predicted molar refractivity (Wildman–Crippen MR) is 90.9 cm³/mol. The van der Waals surface area contributed by atoms with Crippen LogP contribution in [0.5, 0.6) is 0 Å². The first kappa shape index (κ1) is 18.3. The normalized spacial score (nSPS) is 25.4. The van der Waals surface area contributed by atoms with Crippen LogP contribution in [0.15, 0.2) is 18.2 Å². The molecular weight excluding hydrogens is 326 g/mol. The van der Waals surface area contributed by atoms with Crippen molar-refractivity contribution in [2.24, 2.45) is 17.6 Å². The van der Waals surface area contributed by atoms with E-state index < -0.39 is 11.6 Å². The van der Waals surface area contributed by atoms with Crippen LogP contribution in [0.2, 0.25) is 0 Å². The zero-order chi connectivity index (χ0) is 17.8. The number of nitrogens with two attached hydrogens (primary N) is 1. The van der Waals surface area contributed by atoms with Gasteiger partial charge in [-0.2, -0.15) is 0 Å². The summed E-state index contributed by atoms with van der Waals surface area (Å²) in [4.78, 5) is 13.7. The van der Waals surface area contributed by atoms with E-state index >= 15 is 0 Å². The highest BCUT2D eigenvalue weighted by Crippen LogP contribution is 2.30. The largest absolute Gasteiger partial charge is 0.377 e. The quantitative estimate of drug-likeness (QED) is 0.856. The monoisotopic (exact) mass is 352 g/mol. The molecule has 0 saturated carbocycles. The minimum absolute atomic E-state index is 0.0320. The van der Waals surface area contributed by atoms with Gasteiger partial charge in [-0.1, -0.05) is 12.1 Å². The highest BCUT2D eigenvalue weighted by atomic mass is 19.2. The highest BCUT2D eigenvalue weighted by molar-refractivity contribution is 5.77. The molecule has 3 rings (SSSR count). The number of piperidine rings is 1. The molecule has 2 N–H and O–H groups in total. The van der Waals surface area contributed by atoms with Crippen molar-refractivity contribution in [3.05, 3.63) is 35.4 Å². The number of hydrogen-bond acceptors (Lipinski definition) is 3. The smallest absolute Gasteiger partial charge is 0.223 e. The lowest BCUT2D eigenvalue weighted by atomic mass is 9.86. The van der Waals surface area contributed by atoms with Crippen LogP contribution in [-0.2, 0) is 16.0 Å². The van der Waals surface area contributed by atoms with Crippen LogP contribution >= 0.6 is 0 Å². The number of nitrogens with zero attached hydrogens (tertiary/aromatic N) is 1. The van der Waals surface area contributed by atoms with Crippen molar-refractivity contribution in [3.8, 4) is 0 Å². The Hall–Kier alpha value is -1.53. The molecule has 2 aliphatic heterocycles. The molecule has 2 atom stereocenters. The van der Waals surface area contributed by atoms with Crippen molar-refractivity contribution in [3.63, 3.8) is 0 Å². The summed E-state index contributed by atoms with van der Waals surface area (Å²) in [5.41, 5.74) is 5.88. The van der Waals surface area contributed by atoms with Crippen molar-refractivity contribution < 1.29 is 18.3 Å². The average molecular weight is 352 g/mol. The first-order valence-electron chi connectivity index (χ1n) is 9.10. The van der Waals surface area contributed by atoms with Crippen LogP contribution < -0.4 is 5.73 Å². The van der Waals surface area contributed by atoms with Gasteiger partial charge < -0.3 is 15.4 Å². The Kier molecular flexibility index (Phi) is 6.02. The molecule has 2 fully saturated rings. The molecule has 0 bridgehead atoms. The minimum Gasteiger partial charge on any atom is -0.377 e. The Balaban J connectivity index is 1.43. The summed E-state index contributed by atoms with van der Waals surface area (Å²) in [5, 5.41) is 0. The van der Waals surface area contributed by atoms with Gasteiger partial charge in [0, 0.05) is 13.2 Å². The van der Waals surface area contributed by atoms with E-state index in [1.54, 1.807) is 12.1 Å². The number of rotatable bonds is 6. The van der Waals surface area contributed by atoms with Gasteiger partial charge in [-0.05, 0) is 62.7 Å². The van der Waals surface area contributed by atoms with Crippen LogP contribution in [0.4, 0.5) is 8.78 Å². The Morgan fingerprint density at radius 3 is 2.72 bits per heavy atom. The molecule has 0 radical (unpaired) electrons. The molecule has 25 heavy (non-hydrogen) atoms. The van der Waals surface area contributed by atoms with Gasteiger partial charge in [-0.25, -0.2) is 8.78 Å². The number of ether oxygens (including phenoxy) is 1. The number of hydrogen-bond donors (Lipinski definition) is 1. The Morgan fingerprint density at radius 2 is 2.00 bits per heavy atom. The number of benzene rings is 1. The van der Waals surface area contributed by atoms with Gasteiger partial charge >= 0.3 is 0 Å². The lowest BCUT2D eigenvalue weighted by Gasteiger charge is -2.33. The van der Waals surface area contributed by atoms with Crippen molar-refractivity contribution in [1.29, 1.82) is 0 Å². The fourth-order valence-corrected chi connectivity index (χ4v) is 4.00. The third kappa shape index (κ3) is 4.55. The topological polar surface area (TPSA) is 55.6 Å². The summed E-state index contributed by atoms with van der Waals surface area (Å²) in [6, 6.07) is 4.35. The fraction of sp³-hybridized carbons (Fsp3) is 0.632. The second kappa shape index (κ2) is 8.23. The van der Waals surface area contributed by atoms with E-state index in [1.165, 1.54) is 0 Å². The molecule has 1 aromatic carbocycles. The van der Waals surface area contributed by atoms with E-state index in [2.05, 4.69) is 4.90 Å². The van der Waals surface area contributed by atoms with Gasteiger partial charge in [0.05, 0.1) is 12.0 Å². The van der Waals surface area contributed by atoms with Gasteiger partial charge in [0.2, 0.25) is 5.91 Å². The average Bonchev–Trinajstić information content (AvgIpc) is 3.06. The maximum atomic E-state index is 13.7. The molecule has 2 heterocycles. The van der Waals surface area contributed by atoms with Crippen molar-refractivity contribution in [2.75, 3.05) is 26.2 Å². The third-order valence-electron chi connectivity index (χ3n) is 5.58. The van der Waals surface area contributed by atoms with Gasteiger partial charge in [0.15, 0.2) is 11.6 Å². The van der Waals surface area contributed by atoms with Crippen LogP contribution in [0.1, 0.15) is 31.2 Å². The van der Waals surface area contributed by atoms with Crippen molar-refractivity contribution >= 4 is 5.91 Å². The third-order valence-corrected chi connectivity index (χ3v) is 5.58. The van der Waals surface area contributed by atoms with Crippen molar-refractivity contribution in [1.82, 2.24) is 4.90 Å². The molecule has 0 unspecified atom stereocenters. The molecular formula is C19H26F2N2O2. The molecule has 0 aliphatic carbocycles. The van der Waals surface area contributed by atoms with Crippen molar-refractivity contribution in [2.45, 2.75) is 38.2 Å². The number of likely N-dealkylation sites (tertiary alicyclic amines) is 1. The molecule has 138 valence electrons. The van der Waals surface area contributed by atoms with Crippen LogP contribution in [0.25, 0.3) is 0 Å². The molecule has 1 aromatic rings. The van der Waals surface area contributed by atoms with E-state index in [0.29, 0.717) is 24.5 Å². The molecule has 1 amide bonds. The predicted octanol–water partition coefficient (Wildman–Crippen LogP) is 2.50. The second-order valence-electron chi connectivity index (χ2n) is 7.19. The number of carbonyl (C=O) groups excluding carboxylic acids is 1. The molecule has 2 saturated heterocycles. The van der Waals surface area contributed by atoms with E-state index in [0.717, 1.165) is 51.4 Å². The molecule has 2 aliphatic rings. The summed E-state index contributed by atoms with van der Waals surface area (Å²) >= 11 is 0. The SMILES string of the molecule is NC(=O)[C@@H]1CCO[C@@H]1CC1CCN(CCc2cccc(F)c2F)CC1. The molecule has 0 spiro atoms. The lowest BCUT2D eigenvalue weighted by molar-refractivity contribution is -0.123. The van der Waals surface area contributed by atoms with Gasteiger partial charge in [0.1, 0.15) is 0 Å². The standard InChI is InChI=1S/C19H26F2N2O2/c20-16-3-1-2-14(18(16)21)6-10-23-8-4-13(5-9-23)12-17-15(19(22)24)7-11-25-17/h1-3,13,15,17H,4-12H2,(H2,22,24)/t15-,17-/m1/s1.